The fraction of sp³-hybridized carbons (Fsp3) is 0.917. The van der Waals surface area contributed by atoms with Gasteiger partial charge in [0.1, 0.15) is 0 Å². The second-order valence-electron chi connectivity index (χ2n) is 4.11. The van der Waals surface area contributed by atoms with E-state index in [1.54, 1.807) is 0 Å². The Hall–Kier alpha value is -0.630. The molecular weight excluding hydrogens is 204 g/mol. The minimum atomic E-state index is -0.0958. The molecule has 16 heavy (non-hydrogen) atoms. The standard InChI is InChI=1S/C12H24N2O2/c1-4-14-12(9-13)5-6-15-7-8-16-10-11(2)3/h11-12,14H,4-8,10H2,1-3H3. The Labute approximate surface area is 98.9 Å². The summed E-state index contributed by atoms with van der Waals surface area (Å²) in [6.45, 7) is 9.68. The predicted molar refractivity (Wildman–Crippen MR) is 64.2 cm³/mol. The normalized spacial score (nSPS) is 12.7. The first kappa shape index (κ1) is 15.4. The maximum atomic E-state index is 8.77. The van der Waals surface area contributed by atoms with E-state index in [0.717, 1.165) is 19.6 Å². The number of hydrogen-bond donors (Lipinski definition) is 1. The van der Waals surface area contributed by atoms with Crippen LogP contribution in [0.25, 0.3) is 0 Å². The number of rotatable bonds is 10. The number of ether oxygens (including phenoxy) is 2. The van der Waals surface area contributed by atoms with Crippen molar-refractivity contribution in [3.05, 3.63) is 0 Å². The van der Waals surface area contributed by atoms with Crippen molar-refractivity contribution in [2.75, 3.05) is 33.0 Å². The van der Waals surface area contributed by atoms with Crippen LogP contribution in [0.5, 0.6) is 0 Å². The van der Waals surface area contributed by atoms with Crippen molar-refractivity contribution in [3.8, 4) is 6.07 Å². The molecular formula is C12H24N2O2. The summed E-state index contributed by atoms with van der Waals surface area (Å²) in [4.78, 5) is 0. The van der Waals surface area contributed by atoms with Gasteiger partial charge in [0.15, 0.2) is 0 Å². The zero-order valence-electron chi connectivity index (χ0n) is 10.7. The van der Waals surface area contributed by atoms with Gasteiger partial charge in [-0.1, -0.05) is 20.8 Å². The molecule has 4 nitrogen and oxygen atoms in total. The molecule has 0 spiro atoms. The molecule has 0 aromatic heterocycles. The topological polar surface area (TPSA) is 54.3 Å². The zero-order chi connectivity index (χ0) is 12.2. The third-order valence-electron chi connectivity index (χ3n) is 1.98. The smallest absolute Gasteiger partial charge is 0.0974 e. The second kappa shape index (κ2) is 10.9. The molecule has 0 aromatic rings. The van der Waals surface area contributed by atoms with E-state index in [1.165, 1.54) is 0 Å². The summed E-state index contributed by atoms with van der Waals surface area (Å²) in [6.07, 6.45) is 0.731. The molecule has 0 bridgehead atoms. The van der Waals surface area contributed by atoms with E-state index in [4.69, 9.17) is 14.7 Å². The van der Waals surface area contributed by atoms with Crippen LogP contribution in [0.1, 0.15) is 27.2 Å². The third-order valence-corrected chi connectivity index (χ3v) is 1.98. The lowest BCUT2D eigenvalue weighted by molar-refractivity contribution is 0.0360. The number of nitrogens with zero attached hydrogens (tertiary/aromatic N) is 1. The van der Waals surface area contributed by atoms with E-state index >= 15 is 0 Å². The lowest BCUT2D eigenvalue weighted by Gasteiger charge is -2.10. The lowest BCUT2D eigenvalue weighted by atomic mass is 10.2. The highest BCUT2D eigenvalue weighted by molar-refractivity contribution is 4.88. The molecule has 0 amide bonds. The van der Waals surface area contributed by atoms with Gasteiger partial charge in [-0.25, -0.2) is 0 Å². The van der Waals surface area contributed by atoms with E-state index in [1.807, 2.05) is 6.92 Å². The van der Waals surface area contributed by atoms with Crippen LogP contribution in [-0.4, -0.2) is 39.0 Å². The van der Waals surface area contributed by atoms with Crippen LogP contribution in [0.3, 0.4) is 0 Å². The summed E-state index contributed by atoms with van der Waals surface area (Å²) in [5.74, 6) is 0.566. The Kier molecular flexibility index (Phi) is 10.4. The Balaban J connectivity index is 3.23. The van der Waals surface area contributed by atoms with E-state index in [9.17, 15) is 0 Å². The number of hydrogen-bond acceptors (Lipinski definition) is 4. The Morgan fingerprint density at radius 3 is 2.44 bits per heavy atom. The highest BCUT2D eigenvalue weighted by atomic mass is 16.5. The molecule has 0 fully saturated rings. The Bertz CT molecular complexity index is 190. The van der Waals surface area contributed by atoms with E-state index in [2.05, 4.69) is 25.2 Å². The van der Waals surface area contributed by atoms with Crippen molar-refractivity contribution >= 4 is 0 Å². The van der Waals surface area contributed by atoms with Gasteiger partial charge < -0.3 is 14.8 Å². The Morgan fingerprint density at radius 2 is 1.88 bits per heavy atom. The molecule has 0 rings (SSSR count). The Morgan fingerprint density at radius 1 is 1.19 bits per heavy atom. The third kappa shape index (κ3) is 9.91. The van der Waals surface area contributed by atoms with Crippen LogP contribution in [-0.2, 0) is 9.47 Å². The van der Waals surface area contributed by atoms with Crippen molar-refractivity contribution in [2.45, 2.75) is 33.2 Å². The van der Waals surface area contributed by atoms with Gasteiger partial charge >= 0.3 is 0 Å². The molecule has 0 aromatic carbocycles. The van der Waals surface area contributed by atoms with E-state index in [-0.39, 0.29) is 6.04 Å². The molecule has 0 saturated carbocycles. The number of nitriles is 1. The molecule has 0 aliphatic rings. The highest BCUT2D eigenvalue weighted by Crippen LogP contribution is 1.94. The van der Waals surface area contributed by atoms with Crippen LogP contribution in [0.2, 0.25) is 0 Å². The van der Waals surface area contributed by atoms with Crippen LogP contribution in [0.15, 0.2) is 0 Å². The molecule has 0 saturated heterocycles. The lowest BCUT2D eigenvalue weighted by Crippen LogP contribution is -2.28. The summed E-state index contributed by atoms with van der Waals surface area (Å²) in [5.41, 5.74) is 0. The average molecular weight is 228 g/mol. The maximum absolute atomic E-state index is 8.77. The molecule has 0 aliphatic carbocycles. The summed E-state index contributed by atoms with van der Waals surface area (Å²) in [6, 6.07) is 2.10. The van der Waals surface area contributed by atoms with Crippen molar-refractivity contribution in [3.63, 3.8) is 0 Å². The van der Waals surface area contributed by atoms with E-state index < -0.39 is 0 Å². The molecule has 0 radical (unpaired) electrons. The van der Waals surface area contributed by atoms with Crippen LogP contribution < -0.4 is 5.32 Å². The summed E-state index contributed by atoms with van der Waals surface area (Å²) in [7, 11) is 0. The van der Waals surface area contributed by atoms with Crippen LogP contribution >= 0.6 is 0 Å². The van der Waals surface area contributed by atoms with Gasteiger partial charge in [-0.3, -0.25) is 0 Å². The molecule has 4 heteroatoms. The monoisotopic (exact) mass is 228 g/mol. The quantitative estimate of drug-likeness (QED) is 0.577. The molecule has 0 aliphatic heterocycles. The highest BCUT2D eigenvalue weighted by Gasteiger charge is 2.04. The van der Waals surface area contributed by atoms with Gasteiger partial charge in [-0.05, 0) is 18.9 Å². The second-order valence-corrected chi connectivity index (χ2v) is 4.11. The predicted octanol–water partition coefficient (Wildman–Crippen LogP) is 1.57. The zero-order valence-corrected chi connectivity index (χ0v) is 10.7. The summed E-state index contributed by atoms with van der Waals surface area (Å²) < 4.78 is 10.7. The molecule has 94 valence electrons. The fourth-order valence-electron chi connectivity index (χ4n) is 1.20. The molecule has 1 unspecified atom stereocenters. The fourth-order valence-corrected chi connectivity index (χ4v) is 1.20. The minimum absolute atomic E-state index is 0.0958. The van der Waals surface area contributed by atoms with Gasteiger partial charge in [-0.2, -0.15) is 5.26 Å². The first-order chi connectivity index (χ1) is 7.70. The van der Waals surface area contributed by atoms with Gasteiger partial charge in [0.25, 0.3) is 0 Å². The van der Waals surface area contributed by atoms with Crippen LogP contribution in [0, 0.1) is 17.2 Å². The van der Waals surface area contributed by atoms with Gasteiger partial charge in [0.2, 0.25) is 0 Å². The molecule has 1 atom stereocenters. The summed E-state index contributed by atoms with van der Waals surface area (Å²) >= 11 is 0. The van der Waals surface area contributed by atoms with Crippen molar-refractivity contribution in [1.82, 2.24) is 5.32 Å². The molecule has 0 heterocycles. The maximum Gasteiger partial charge on any atom is 0.0974 e. The number of nitrogens with one attached hydrogen (secondary N) is 1. The van der Waals surface area contributed by atoms with Crippen molar-refractivity contribution in [1.29, 1.82) is 5.26 Å². The summed E-state index contributed by atoms with van der Waals surface area (Å²) in [5, 5.41) is 11.8. The van der Waals surface area contributed by atoms with Gasteiger partial charge in [-0.15, -0.1) is 0 Å². The van der Waals surface area contributed by atoms with Gasteiger partial charge in [0.05, 0.1) is 25.3 Å². The van der Waals surface area contributed by atoms with E-state index in [0.29, 0.717) is 25.7 Å². The largest absolute Gasteiger partial charge is 0.379 e. The first-order valence-corrected chi connectivity index (χ1v) is 5.99. The van der Waals surface area contributed by atoms with Crippen molar-refractivity contribution in [2.24, 2.45) is 5.92 Å². The first-order valence-electron chi connectivity index (χ1n) is 5.99. The van der Waals surface area contributed by atoms with Gasteiger partial charge in [0, 0.05) is 13.2 Å². The van der Waals surface area contributed by atoms with Crippen molar-refractivity contribution < 1.29 is 9.47 Å². The average Bonchev–Trinajstić information content (AvgIpc) is 2.26. The molecule has 1 N–H and O–H groups in total. The van der Waals surface area contributed by atoms with Crippen LogP contribution in [0.4, 0.5) is 0 Å². The minimum Gasteiger partial charge on any atom is -0.379 e. The SMILES string of the molecule is CCNC(C#N)CCOCCOCC(C)C.